The van der Waals surface area contributed by atoms with Gasteiger partial charge in [-0.3, -0.25) is 0 Å². The molecule has 0 aliphatic carbocycles. The molecule has 0 bridgehead atoms. The molecule has 8 aromatic rings. The second kappa shape index (κ2) is 12.4. The van der Waals surface area contributed by atoms with Gasteiger partial charge in [-0.2, -0.15) is 0 Å². The van der Waals surface area contributed by atoms with E-state index in [1.807, 2.05) is 12.1 Å². The average molecular weight is 607 g/mol. The molecule has 7 aromatic carbocycles. The van der Waals surface area contributed by atoms with Crippen molar-refractivity contribution in [2.45, 2.75) is 12.8 Å². The van der Waals surface area contributed by atoms with E-state index >= 15 is 0 Å². The van der Waals surface area contributed by atoms with Gasteiger partial charge >= 0.3 is 0 Å². The quantitative estimate of drug-likeness (QED) is 0.172. The van der Waals surface area contributed by atoms with Crippen LogP contribution in [0.4, 0.5) is 34.1 Å². The summed E-state index contributed by atoms with van der Waals surface area (Å²) >= 11 is 0. The maximum Gasteiger partial charge on any atom is 0.137 e. The second-order valence-corrected chi connectivity index (χ2v) is 11.9. The summed E-state index contributed by atoms with van der Waals surface area (Å²) in [4.78, 5) is 4.59. The maximum atomic E-state index is 6.26. The highest BCUT2D eigenvalue weighted by Crippen LogP contribution is 2.40. The Kier molecular flexibility index (Phi) is 7.49. The minimum atomic E-state index is 0.233. The molecular formula is C44H34N2O. The summed E-state index contributed by atoms with van der Waals surface area (Å²) in [5.41, 5.74) is 11.0. The van der Waals surface area contributed by atoms with E-state index in [4.69, 9.17) is 4.42 Å². The Labute approximate surface area is 275 Å². The molecule has 0 N–H and O–H groups in total. The van der Waals surface area contributed by atoms with Crippen LogP contribution in [0.1, 0.15) is 24.0 Å². The van der Waals surface area contributed by atoms with Gasteiger partial charge < -0.3 is 14.2 Å². The lowest BCUT2D eigenvalue weighted by Gasteiger charge is -2.26. The first-order valence-electron chi connectivity index (χ1n) is 16.1. The Balaban J connectivity index is 1.09. The average Bonchev–Trinajstić information content (AvgIpc) is 3.52. The predicted octanol–water partition coefficient (Wildman–Crippen LogP) is 12.7. The molecule has 1 heterocycles. The molecule has 0 saturated heterocycles. The fourth-order valence-electron chi connectivity index (χ4n) is 6.50. The number of hydrogen-bond acceptors (Lipinski definition) is 3. The minimum absolute atomic E-state index is 0.233. The fourth-order valence-corrected chi connectivity index (χ4v) is 6.50. The van der Waals surface area contributed by atoms with E-state index in [2.05, 4.69) is 187 Å². The first-order valence-corrected chi connectivity index (χ1v) is 16.1. The normalized spacial score (nSPS) is 11.9. The fraction of sp³-hybridized carbons (Fsp3) is 0.0455. The van der Waals surface area contributed by atoms with E-state index in [0.29, 0.717) is 0 Å². The smallest absolute Gasteiger partial charge is 0.137 e. The first kappa shape index (κ1) is 28.4. The van der Waals surface area contributed by atoms with E-state index < -0.39 is 0 Å². The van der Waals surface area contributed by atoms with Gasteiger partial charge in [0.25, 0.3) is 0 Å². The van der Waals surface area contributed by atoms with E-state index in [-0.39, 0.29) is 5.92 Å². The third-order valence-corrected chi connectivity index (χ3v) is 8.97. The van der Waals surface area contributed by atoms with Crippen molar-refractivity contribution in [3.8, 4) is 0 Å². The van der Waals surface area contributed by atoms with Crippen molar-refractivity contribution in [3.63, 3.8) is 0 Å². The summed E-state index contributed by atoms with van der Waals surface area (Å²) in [6.45, 7) is 2.28. The lowest BCUT2D eigenvalue weighted by Crippen LogP contribution is -2.10. The number of benzene rings is 7. The predicted molar refractivity (Wildman–Crippen MR) is 197 cm³/mol. The van der Waals surface area contributed by atoms with Gasteiger partial charge in [0, 0.05) is 56.9 Å². The molecule has 1 atom stereocenters. The zero-order chi connectivity index (χ0) is 31.6. The molecule has 0 saturated carbocycles. The van der Waals surface area contributed by atoms with Crippen LogP contribution in [0, 0.1) is 0 Å². The number of nitrogens with zero attached hydrogens (tertiary/aromatic N) is 2. The molecule has 3 heteroatoms. The van der Waals surface area contributed by atoms with Crippen LogP contribution < -0.4 is 9.80 Å². The van der Waals surface area contributed by atoms with Crippen molar-refractivity contribution in [2.75, 3.05) is 9.80 Å². The van der Waals surface area contributed by atoms with Crippen molar-refractivity contribution >= 4 is 56.1 Å². The van der Waals surface area contributed by atoms with Gasteiger partial charge in [0.15, 0.2) is 0 Å². The Hall–Kier alpha value is -6.06. The van der Waals surface area contributed by atoms with E-state index in [1.54, 1.807) is 0 Å². The van der Waals surface area contributed by atoms with Crippen LogP contribution in [-0.2, 0) is 0 Å². The van der Waals surface area contributed by atoms with Gasteiger partial charge in [-0.05, 0) is 90.0 Å². The monoisotopic (exact) mass is 606 g/mol. The summed E-state index contributed by atoms with van der Waals surface area (Å²) in [7, 11) is 0. The molecule has 1 unspecified atom stereocenters. The third kappa shape index (κ3) is 5.53. The molecular weight excluding hydrogens is 572 g/mol. The van der Waals surface area contributed by atoms with Gasteiger partial charge in [0.2, 0.25) is 0 Å². The van der Waals surface area contributed by atoms with E-state index in [1.165, 1.54) is 11.1 Å². The molecule has 0 aliphatic rings. The highest BCUT2D eigenvalue weighted by Gasteiger charge is 2.17. The Morgan fingerprint density at radius 1 is 0.362 bits per heavy atom. The van der Waals surface area contributed by atoms with Crippen LogP contribution in [0.3, 0.4) is 0 Å². The van der Waals surface area contributed by atoms with E-state index in [0.717, 1.165) is 56.1 Å². The van der Waals surface area contributed by atoms with Crippen LogP contribution in [0.5, 0.6) is 0 Å². The van der Waals surface area contributed by atoms with Crippen molar-refractivity contribution < 1.29 is 4.42 Å². The number of hydrogen-bond donors (Lipinski definition) is 0. The van der Waals surface area contributed by atoms with Gasteiger partial charge in [-0.1, -0.05) is 104 Å². The van der Waals surface area contributed by atoms with Crippen LogP contribution in [0.15, 0.2) is 186 Å². The van der Waals surface area contributed by atoms with Crippen molar-refractivity contribution in [1.29, 1.82) is 0 Å². The number of fused-ring (bicyclic) bond motifs is 3. The molecule has 0 aliphatic heterocycles. The number of para-hydroxylation sites is 4. The lowest BCUT2D eigenvalue weighted by molar-refractivity contribution is 0.669. The van der Waals surface area contributed by atoms with Gasteiger partial charge in [0.1, 0.15) is 11.2 Å². The largest absolute Gasteiger partial charge is 0.456 e. The summed E-state index contributed by atoms with van der Waals surface area (Å²) in [6.07, 6.45) is 0. The van der Waals surface area contributed by atoms with Crippen molar-refractivity contribution in [1.82, 2.24) is 0 Å². The molecule has 3 nitrogen and oxygen atoms in total. The molecule has 226 valence electrons. The van der Waals surface area contributed by atoms with Gasteiger partial charge in [0.05, 0.1) is 0 Å². The molecule has 47 heavy (non-hydrogen) atoms. The molecule has 0 amide bonds. The van der Waals surface area contributed by atoms with Gasteiger partial charge in [-0.15, -0.1) is 0 Å². The Bertz CT molecular complexity index is 2200. The van der Waals surface area contributed by atoms with Gasteiger partial charge in [-0.25, -0.2) is 0 Å². The van der Waals surface area contributed by atoms with Crippen LogP contribution in [0.25, 0.3) is 21.9 Å². The highest BCUT2D eigenvalue weighted by atomic mass is 16.3. The first-order chi connectivity index (χ1) is 23.2. The summed E-state index contributed by atoms with van der Waals surface area (Å²) < 4.78 is 6.26. The zero-order valence-electron chi connectivity index (χ0n) is 26.2. The number of rotatable bonds is 8. The van der Waals surface area contributed by atoms with Crippen LogP contribution in [0.2, 0.25) is 0 Å². The molecule has 0 fully saturated rings. The minimum Gasteiger partial charge on any atom is -0.456 e. The van der Waals surface area contributed by atoms with Crippen LogP contribution in [-0.4, -0.2) is 0 Å². The third-order valence-electron chi connectivity index (χ3n) is 8.97. The van der Waals surface area contributed by atoms with Crippen LogP contribution >= 0.6 is 0 Å². The summed E-state index contributed by atoms with van der Waals surface area (Å²) in [6, 6.07) is 64.2. The Morgan fingerprint density at radius 2 is 0.745 bits per heavy atom. The zero-order valence-corrected chi connectivity index (χ0v) is 26.2. The molecule has 1 aromatic heterocycles. The highest BCUT2D eigenvalue weighted by molar-refractivity contribution is 6.06. The lowest BCUT2D eigenvalue weighted by atomic mass is 9.92. The SMILES string of the molecule is CC(c1ccc(N(c2ccccc2)c2ccccc2)cc1)c1ccc(N(c2ccccc2)c2ccc3c(c2)oc2ccccc23)cc1. The van der Waals surface area contributed by atoms with Crippen molar-refractivity contribution in [3.05, 3.63) is 193 Å². The van der Waals surface area contributed by atoms with Crippen molar-refractivity contribution in [2.24, 2.45) is 0 Å². The number of furan rings is 1. The topological polar surface area (TPSA) is 19.6 Å². The molecule has 0 radical (unpaired) electrons. The van der Waals surface area contributed by atoms with E-state index in [9.17, 15) is 0 Å². The summed E-state index contributed by atoms with van der Waals surface area (Å²) in [5, 5.41) is 2.27. The standard InChI is InChI=1S/C44H34N2O/c1-32(33-21-25-38(26-22-33)45(35-13-5-2-6-14-35)36-15-7-3-8-16-36)34-23-27-39(28-24-34)46(37-17-9-4-10-18-37)40-29-30-42-41-19-11-12-20-43(41)47-44(42)31-40/h2-32H,1H3. The summed E-state index contributed by atoms with van der Waals surface area (Å²) in [5.74, 6) is 0.233. The molecule has 8 rings (SSSR count). The maximum absolute atomic E-state index is 6.26. The molecule has 0 spiro atoms. The second-order valence-electron chi connectivity index (χ2n) is 11.9. The number of anilines is 6. The Morgan fingerprint density at radius 3 is 1.26 bits per heavy atom.